The van der Waals surface area contributed by atoms with Gasteiger partial charge in [-0.15, -0.1) is 0 Å². The summed E-state index contributed by atoms with van der Waals surface area (Å²) >= 11 is 0. The molecule has 118 valence electrons. The second-order valence-electron chi connectivity index (χ2n) is 4.95. The Balaban J connectivity index is 0.00000156. The van der Waals surface area contributed by atoms with Crippen molar-refractivity contribution in [3.8, 4) is 0 Å². The molecule has 3 unspecified atom stereocenters. The number of hydrogen-bond donors (Lipinski definition) is 2. The van der Waals surface area contributed by atoms with Gasteiger partial charge in [0.25, 0.3) is 7.82 Å². The molecule has 0 spiro atoms. The number of ether oxygens (including phenoxy) is 1. The Bertz CT molecular complexity index is 788. The van der Waals surface area contributed by atoms with Crippen LogP contribution < -0.4 is 40.2 Å². The topological polar surface area (TPSA) is 158 Å². The number of rotatable bonds is 1. The molecule has 4 rings (SSSR count). The van der Waals surface area contributed by atoms with Gasteiger partial charge in [-0.1, -0.05) is 0 Å². The van der Waals surface area contributed by atoms with Gasteiger partial charge in [0.05, 0.1) is 12.9 Å². The minimum absolute atomic E-state index is 0. The second-order valence-corrected chi connectivity index (χ2v) is 6.32. The summed E-state index contributed by atoms with van der Waals surface area (Å²) in [5.74, 6) is 0.192. The van der Waals surface area contributed by atoms with E-state index in [4.69, 9.17) is 15.0 Å². The number of phosphoric acid groups is 1. The Hall–Kier alpha value is -0.620. The van der Waals surface area contributed by atoms with E-state index in [2.05, 4.69) is 19.5 Å². The fraction of sp³-hybridized carbons (Fsp3) is 0.500. The number of nitrogens with zero attached hydrogens (tertiary/aromatic N) is 4. The van der Waals surface area contributed by atoms with Gasteiger partial charge in [-0.25, -0.2) is 15.0 Å². The van der Waals surface area contributed by atoms with Crippen LogP contribution in [0.25, 0.3) is 11.2 Å². The summed E-state index contributed by atoms with van der Waals surface area (Å²) in [7, 11) is -4.41. The van der Waals surface area contributed by atoms with Gasteiger partial charge in [-0.05, 0) is 0 Å². The summed E-state index contributed by atoms with van der Waals surface area (Å²) in [6.07, 6.45) is -1.26. The Morgan fingerprint density at radius 3 is 3.00 bits per heavy atom. The Morgan fingerprint density at radius 2 is 2.22 bits per heavy atom. The number of imidazole rings is 1. The molecular formula is C10H11N5NaO6P. The van der Waals surface area contributed by atoms with Gasteiger partial charge in [-0.3, -0.25) is 9.13 Å². The maximum absolute atomic E-state index is 11.3. The van der Waals surface area contributed by atoms with Crippen LogP contribution in [0.4, 0.5) is 5.82 Å². The Kier molecular flexibility index (Phi) is 4.51. The number of aromatic nitrogens is 4. The molecule has 23 heavy (non-hydrogen) atoms. The van der Waals surface area contributed by atoms with Gasteiger partial charge in [-0.2, -0.15) is 0 Å². The molecule has 0 bridgehead atoms. The number of aliphatic hydroxyl groups excluding tert-OH is 1. The van der Waals surface area contributed by atoms with E-state index in [0.717, 1.165) is 0 Å². The van der Waals surface area contributed by atoms with Crippen LogP contribution in [-0.2, 0) is 18.3 Å². The molecule has 2 aliphatic rings. The number of fused-ring (bicyclic) bond motifs is 2. The number of anilines is 1. The van der Waals surface area contributed by atoms with E-state index >= 15 is 0 Å². The van der Waals surface area contributed by atoms with Crippen LogP contribution in [0.5, 0.6) is 0 Å². The molecule has 2 fully saturated rings. The number of hydrogen-bond acceptors (Lipinski definition) is 10. The predicted octanol–water partition coefficient (Wildman–Crippen LogP) is -4.45. The monoisotopic (exact) mass is 351 g/mol. The largest absolute Gasteiger partial charge is 1.00 e. The molecule has 0 aromatic carbocycles. The summed E-state index contributed by atoms with van der Waals surface area (Å²) in [6, 6.07) is 0. The van der Waals surface area contributed by atoms with E-state index in [1.165, 1.54) is 17.2 Å². The van der Waals surface area contributed by atoms with Gasteiger partial charge in [0.1, 0.15) is 30.2 Å². The van der Waals surface area contributed by atoms with E-state index in [1.54, 1.807) is 0 Å². The van der Waals surface area contributed by atoms with E-state index < -0.39 is 32.4 Å². The fourth-order valence-corrected chi connectivity index (χ4v) is 3.56. The average Bonchev–Trinajstić information content (AvgIpc) is 3.01. The molecule has 0 radical (unpaired) electrons. The van der Waals surface area contributed by atoms with Crippen LogP contribution in [0.1, 0.15) is 6.23 Å². The fourth-order valence-electron chi connectivity index (χ4n) is 2.61. The van der Waals surface area contributed by atoms with Crippen molar-refractivity contribution in [3.63, 3.8) is 0 Å². The normalized spacial score (nSPS) is 36.6. The van der Waals surface area contributed by atoms with Crippen LogP contribution >= 0.6 is 7.82 Å². The molecule has 2 aromatic rings. The summed E-state index contributed by atoms with van der Waals surface area (Å²) in [5.41, 5.74) is 6.43. The Labute approximate surface area is 151 Å². The summed E-state index contributed by atoms with van der Waals surface area (Å²) in [6.45, 7) is -0.219. The predicted molar refractivity (Wildman–Crippen MR) is 68.1 cm³/mol. The molecule has 3 N–H and O–H groups in total. The maximum atomic E-state index is 11.3. The van der Waals surface area contributed by atoms with Crippen LogP contribution in [-0.4, -0.2) is 49.5 Å². The molecule has 5 atom stereocenters. The van der Waals surface area contributed by atoms with Crippen LogP contribution in [0.3, 0.4) is 0 Å². The zero-order valence-electron chi connectivity index (χ0n) is 12.0. The van der Waals surface area contributed by atoms with E-state index in [9.17, 15) is 14.6 Å². The molecular weight excluding hydrogens is 340 g/mol. The second kappa shape index (κ2) is 6.03. The standard InChI is InChI=1S/C10H12N5O6P.Na/c11-8-5-9(13-2-12-8)15(3-14-5)10-6(16)7-4(20-10)1-19-22(17,18)21-7;/h2-4,6-7,10,16H,1H2,(H,17,18)(H2,11,12,13);/q;+1/p-1/t4-,6?,7?,10-;/m1./s1. The quantitative estimate of drug-likeness (QED) is 0.379. The molecule has 0 saturated carbocycles. The maximum Gasteiger partial charge on any atom is 1.00 e. The van der Waals surface area contributed by atoms with E-state index in [-0.39, 0.29) is 42.0 Å². The van der Waals surface area contributed by atoms with Crippen LogP contribution in [0.2, 0.25) is 0 Å². The summed E-state index contributed by atoms with van der Waals surface area (Å²) in [5, 5.41) is 10.3. The number of nitrogen functional groups attached to an aromatic ring is 1. The van der Waals surface area contributed by atoms with Crippen molar-refractivity contribution in [2.24, 2.45) is 0 Å². The minimum atomic E-state index is -4.41. The van der Waals surface area contributed by atoms with Gasteiger partial charge < -0.3 is 29.5 Å². The molecule has 2 aliphatic heterocycles. The first-order chi connectivity index (χ1) is 10.5. The molecule has 2 saturated heterocycles. The van der Waals surface area contributed by atoms with E-state index in [0.29, 0.717) is 11.2 Å². The van der Waals surface area contributed by atoms with Crippen molar-refractivity contribution >= 4 is 24.8 Å². The molecule has 2 aromatic heterocycles. The van der Waals surface area contributed by atoms with Crippen LogP contribution in [0.15, 0.2) is 12.7 Å². The Morgan fingerprint density at radius 1 is 1.43 bits per heavy atom. The van der Waals surface area contributed by atoms with Crippen molar-refractivity contribution in [1.82, 2.24) is 19.5 Å². The van der Waals surface area contributed by atoms with Crippen molar-refractivity contribution < 1.29 is 57.9 Å². The third-order valence-electron chi connectivity index (χ3n) is 3.62. The SMILES string of the molecule is Nc1ncnc2c1ncn2[C@@H]1O[C@@H]2COP(=O)([O-])OC2C1O.[Na+]. The molecule has 13 heteroatoms. The van der Waals surface area contributed by atoms with Gasteiger partial charge in [0.15, 0.2) is 17.7 Å². The number of aliphatic hydroxyl groups is 1. The smallest absolute Gasteiger partial charge is 0.756 e. The van der Waals surface area contributed by atoms with E-state index in [1.807, 2.05) is 0 Å². The molecule has 0 aliphatic carbocycles. The number of phosphoric ester groups is 1. The van der Waals surface area contributed by atoms with Gasteiger partial charge in [0.2, 0.25) is 0 Å². The average molecular weight is 351 g/mol. The number of nitrogens with two attached hydrogens (primary N) is 1. The molecule has 11 nitrogen and oxygen atoms in total. The van der Waals surface area contributed by atoms with Crippen molar-refractivity contribution in [3.05, 3.63) is 12.7 Å². The van der Waals surface area contributed by atoms with Crippen molar-refractivity contribution in [2.75, 3.05) is 12.3 Å². The first kappa shape index (κ1) is 17.2. The first-order valence-electron chi connectivity index (χ1n) is 6.37. The van der Waals surface area contributed by atoms with Crippen LogP contribution in [0, 0.1) is 0 Å². The van der Waals surface area contributed by atoms with Crippen molar-refractivity contribution in [1.29, 1.82) is 0 Å². The third kappa shape index (κ3) is 2.82. The van der Waals surface area contributed by atoms with Gasteiger partial charge >= 0.3 is 29.6 Å². The van der Waals surface area contributed by atoms with Gasteiger partial charge in [0, 0.05) is 0 Å². The summed E-state index contributed by atoms with van der Waals surface area (Å²) in [4.78, 5) is 23.3. The molecule has 0 amide bonds. The first-order valence-corrected chi connectivity index (χ1v) is 7.83. The summed E-state index contributed by atoms with van der Waals surface area (Å²) < 4.78 is 27.8. The zero-order chi connectivity index (χ0) is 15.5. The third-order valence-corrected chi connectivity index (χ3v) is 4.59. The van der Waals surface area contributed by atoms with Crippen molar-refractivity contribution in [2.45, 2.75) is 24.5 Å². The minimum Gasteiger partial charge on any atom is -0.756 e. The molecule has 4 heterocycles. The zero-order valence-corrected chi connectivity index (χ0v) is 14.9.